The first-order chi connectivity index (χ1) is 12.4. The van der Waals surface area contributed by atoms with E-state index in [0.29, 0.717) is 17.5 Å². The Morgan fingerprint density at radius 3 is 2.62 bits per heavy atom. The van der Waals surface area contributed by atoms with Crippen molar-refractivity contribution >= 4 is 5.91 Å². The van der Waals surface area contributed by atoms with Crippen LogP contribution >= 0.6 is 0 Å². The number of carbonyl (C=O) groups is 1. The topological polar surface area (TPSA) is 47.6 Å². The molecule has 0 aliphatic rings. The van der Waals surface area contributed by atoms with Gasteiger partial charge in [0.2, 0.25) is 5.91 Å². The van der Waals surface area contributed by atoms with Crippen molar-refractivity contribution in [3.8, 4) is 11.5 Å². The van der Waals surface area contributed by atoms with Gasteiger partial charge in [-0.25, -0.2) is 4.39 Å². The molecule has 26 heavy (non-hydrogen) atoms. The summed E-state index contributed by atoms with van der Waals surface area (Å²) in [5.41, 5.74) is 1.32. The summed E-state index contributed by atoms with van der Waals surface area (Å²) in [6.45, 7) is -1.16. The van der Waals surface area contributed by atoms with Crippen LogP contribution in [0.5, 0.6) is 11.5 Å². The predicted octanol–water partition coefficient (Wildman–Crippen LogP) is 4.25. The first-order valence-electron chi connectivity index (χ1n) is 8.05. The second-order valence-electron chi connectivity index (χ2n) is 5.71. The molecule has 0 saturated heterocycles. The second kappa shape index (κ2) is 9.12. The number of hydrogen-bond donors (Lipinski definition) is 1. The summed E-state index contributed by atoms with van der Waals surface area (Å²) in [5, 5.41) is 2.78. The fourth-order valence-electron chi connectivity index (χ4n) is 2.48. The van der Waals surface area contributed by atoms with E-state index in [1.807, 2.05) is 0 Å². The normalized spacial score (nSPS) is 11.9. The Labute approximate surface area is 149 Å². The molecule has 1 amide bonds. The van der Waals surface area contributed by atoms with Crippen LogP contribution in [0.1, 0.15) is 30.5 Å². The van der Waals surface area contributed by atoms with E-state index >= 15 is 0 Å². The molecule has 1 atom stereocenters. The van der Waals surface area contributed by atoms with E-state index in [-0.39, 0.29) is 29.9 Å². The van der Waals surface area contributed by atoms with Gasteiger partial charge >= 0.3 is 6.61 Å². The summed E-state index contributed by atoms with van der Waals surface area (Å²) < 4.78 is 47.4. The molecule has 0 aromatic heterocycles. The quantitative estimate of drug-likeness (QED) is 0.759. The Kier molecular flexibility index (Phi) is 6.89. The van der Waals surface area contributed by atoms with Crippen LogP contribution in [0.15, 0.2) is 42.5 Å². The van der Waals surface area contributed by atoms with Crippen LogP contribution in [0, 0.1) is 5.82 Å². The number of amides is 1. The van der Waals surface area contributed by atoms with Crippen LogP contribution in [0.4, 0.5) is 13.2 Å². The molecule has 140 valence electrons. The van der Waals surface area contributed by atoms with Gasteiger partial charge in [0, 0.05) is 6.42 Å². The smallest absolute Gasteiger partial charge is 0.387 e. The number of aryl methyl sites for hydroxylation is 1. The minimum atomic E-state index is -2.90. The number of nitrogens with one attached hydrogen (secondary N) is 1. The molecular formula is C19H20F3NO3. The average molecular weight is 367 g/mol. The maximum atomic E-state index is 13.6. The molecule has 1 N–H and O–H groups in total. The summed E-state index contributed by atoms with van der Waals surface area (Å²) in [5.74, 6) is -0.520. The summed E-state index contributed by atoms with van der Waals surface area (Å²) in [7, 11) is 1.38. The van der Waals surface area contributed by atoms with Crippen molar-refractivity contribution in [2.75, 3.05) is 7.11 Å². The molecule has 7 heteroatoms. The van der Waals surface area contributed by atoms with E-state index in [0.717, 1.165) is 0 Å². The van der Waals surface area contributed by atoms with Crippen molar-refractivity contribution in [2.24, 2.45) is 0 Å². The van der Waals surface area contributed by atoms with Gasteiger partial charge in [-0.3, -0.25) is 4.79 Å². The van der Waals surface area contributed by atoms with Crippen LogP contribution in [0.2, 0.25) is 0 Å². The van der Waals surface area contributed by atoms with Gasteiger partial charge in [0.15, 0.2) is 11.6 Å². The van der Waals surface area contributed by atoms with E-state index in [1.54, 1.807) is 25.1 Å². The first kappa shape index (κ1) is 19.6. The van der Waals surface area contributed by atoms with Gasteiger partial charge in [-0.2, -0.15) is 8.78 Å². The van der Waals surface area contributed by atoms with Crippen LogP contribution in [-0.4, -0.2) is 19.6 Å². The molecule has 1 unspecified atom stereocenters. The highest BCUT2D eigenvalue weighted by atomic mass is 19.3. The van der Waals surface area contributed by atoms with Crippen molar-refractivity contribution in [3.05, 3.63) is 59.4 Å². The third-order valence-corrected chi connectivity index (χ3v) is 3.82. The fourth-order valence-corrected chi connectivity index (χ4v) is 2.48. The maximum absolute atomic E-state index is 13.6. The third-order valence-electron chi connectivity index (χ3n) is 3.82. The van der Waals surface area contributed by atoms with Gasteiger partial charge in [0.1, 0.15) is 5.75 Å². The first-order valence-corrected chi connectivity index (χ1v) is 8.05. The maximum Gasteiger partial charge on any atom is 0.387 e. The molecule has 0 aliphatic heterocycles. The Balaban J connectivity index is 1.90. The SMILES string of the molecule is COc1ccc(CCC(=O)NC(C)c2cccc(OC(F)F)c2)cc1F. The van der Waals surface area contributed by atoms with E-state index in [1.165, 1.54) is 31.4 Å². The van der Waals surface area contributed by atoms with Crippen LogP contribution in [0.25, 0.3) is 0 Å². The highest BCUT2D eigenvalue weighted by Gasteiger charge is 2.12. The zero-order valence-corrected chi connectivity index (χ0v) is 14.5. The molecule has 0 bridgehead atoms. The molecule has 2 rings (SSSR count). The molecule has 2 aromatic rings. The number of alkyl halides is 2. The van der Waals surface area contributed by atoms with Gasteiger partial charge in [0.25, 0.3) is 0 Å². The predicted molar refractivity (Wildman–Crippen MR) is 90.9 cm³/mol. The van der Waals surface area contributed by atoms with E-state index in [2.05, 4.69) is 10.1 Å². The molecule has 2 aromatic carbocycles. The Morgan fingerprint density at radius 1 is 1.19 bits per heavy atom. The standard InChI is InChI=1S/C19H20F3NO3/c1-12(14-4-3-5-15(11-14)26-19(21)22)23-18(24)9-7-13-6-8-17(25-2)16(20)10-13/h3-6,8,10-12,19H,7,9H2,1-2H3,(H,23,24). The number of halogens is 3. The summed E-state index contributed by atoms with van der Waals surface area (Å²) in [6, 6.07) is 10.3. The zero-order chi connectivity index (χ0) is 19.1. The third kappa shape index (κ3) is 5.68. The molecule has 0 spiro atoms. The van der Waals surface area contributed by atoms with Gasteiger partial charge < -0.3 is 14.8 Å². The van der Waals surface area contributed by atoms with Crippen molar-refractivity contribution in [1.29, 1.82) is 0 Å². The highest BCUT2D eigenvalue weighted by molar-refractivity contribution is 5.76. The summed E-state index contributed by atoms with van der Waals surface area (Å²) in [4.78, 5) is 12.1. The van der Waals surface area contributed by atoms with E-state index < -0.39 is 12.4 Å². The minimum Gasteiger partial charge on any atom is -0.494 e. The largest absolute Gasteiger partial charge is 0.494 e. The molecule has 4 nitrogen and oxygen atoms in total. The molecule has 0 heterocycles. The number of benzene rings is 2. The Bertz CT molecular complexity index is 753. The lowest BCUT2D eigenvalue weighted by Crippen LogP contribution is -2.26. The Morgan fingerprint density at radius 2 is 1.96 bits per heavy atom. The average Bonchev–Trinajstić information content (AvgIpc) is 2.59. The van der Waals surface area contributed by atoms with Crippen molar-refractivity contribution < 1.29 is 27.4 Å². The van der Waals surface area contributed by atoms with Gasteiger partial charge in [-0.15, -0.1) is 0 Å². The number of rotatable bonds is 8. The number of methoxy groups -OCH3 is 1. The molecular weight excluding hydrogens is 347 g/mol. The minimum absolute atomic E-state index is 0.0345. The highest BCUT2D eigenvalue weighted by Crippen LogP contribution is 2.21. The van der Waals surface area contributed by atoms with Gasteiger partial charge in [-0.1, -0.05) is 18.2 Å². The van der Waals surface area contributed by atoms with Gasteiger partial charge in [0.05, 0.1) is 13.2 Å². The second-order valence-corrected chi connectivity index (χ2v) is 5.71. The van der Waals surface area contributed by atoms with Crippen LogP contribution in [-0.2, 0) is 11.2 Å². The number of hydrogen-bond acceptors (Lipinski definition) is 3. The molecule has 0 fully saturated rings. The van der Waals surface area contributed by atoms with Crippen LogP contribution in [0.3, 0.4) is 0 Å². The molecule has 0 saturated carbocycles. The van der Waals surface area contributed by atoms with E-state index in [4.69, 9.17) is 4.74 Å². The monoisotopic (exact) mass is 367 g/mol. The lowest BCUT2D eigenvalue weighted by molar-refractivity contribution is -0.121. The summed E-state index contributed by atoms with van der Waals surface area (Å²) in [6.07, 6.45) is 0.539. The van der Waals surface area contributed by atoms with Crippen molar-refractivity contribution in [2.45, 2.75) is 32.4 Å². The molecule has 0 radical (unpaired) electrons. The zero-order valence-electron chi connectivity index (χ0n) is 14.5. The summed E-state index contributed by atoms with van der Waals surface area (Å²) >= 11 is 0. The Hall–Kier alpha value is -2.70. The lowest BCUT2D eigenvalue weighted by Gasteiger charge is -2.15. The fraction of sp³-hybridized carbons (Fsp3) is 0.316. The van der Waals surface area contributed by atoms with Crippen molar-refractivity contribution in [3.63, 3.8) is 0 Å². The van der Waals surface area contributed by atoms with Gasteiger partial charge in [-0.05, 0) is 48.7 Å². The lowest BCUT2D eigenvalue weighted by atomic mass is 10.1. The molecule has 0 aliphatic carbocycles. The van der Waals surface area contributed by atoms with Crippen LogP contribution < -0.4 is 14.8 Å². The van der Waals surface area contributed by atoms with E-state index in [9.17, 15) is 18.0 Å². The number of ether oxygens (including phenoxy) is 2. The number of carbonyl (C=O) groups excluding carboxylic acids is 1. The van der Waals surface area contributed by atoms with Crippen molar-refractivity contribution in [1.82, 2.24) is 5.32 Å².